The molecule has 0 unspecified atom stereocenters. The second kappa shape index (κ2) is 5.18. The predicted molar refractivity (Wildman–Crippen MR) is 50.2 cm³/mol. The van der Waals surface area contributed by atoms with Crippen molar-refractivity contribution in [3.63, 3.8) is 0 Å². The zero-order valence-electron chi connectivity index (χ0n) is 8.12. The zero-order chi connectivity index (χ0) is 10.5. The third kappa shape index (κ3) is 7.73. The maximum atomic E-state index is 11.0. The fourth-order valence-corrected chi connectivity index (χ4v) is 1.54. The molecule has 0 aromatic heterocycles. The molecular weight excluding hydrogens is 192 g/mol. The van der Waals surface area contributed by atoms with E-state index in [-0.39, 0.29) is 0 Å². The van der Waals surface area contributed by atoms with Crippen LogP contribution >= 0.6 is 0 Å². The van der Waals surface area contributed by atoms with Crippen molar-refractivity contribution in [3.05, 3.63) is 0 Å². The maximum absolute atomic E-state index is 11.0. The number of amides is 1. The lowest BCUT2D eigenvalue weighted by molar-refractivity contribution is -0.117. The fraction of sp³-hybridized carbons (Fsp3) is 0.857. The molecule has 0 aromatic rings. The van der Waals surface area contributed by atoms with E-state index in [1.165, 1.54) is 0 Å². The zero-order valence-corrected chi connectivity index (χ0v) is 8.94. The van der Waals surface area contributed by atoms with Crippen LogP contribution in [0, 0.1) is 5.92 Å². The van der Waals surface area contributed by atoms with E-state index in [1.807, 2.05) is 18.6 Å². The Morgan fingerprint density at radius 2 is 1.92 bits per heavy atom. The summed E-state index contributed by atoms with van der Waals surface area (Å²) in [6.45, 7) is 5.49. The van der Waals surface area contributed by atoms with E-state index in [0.29, 0.717) is 12.5 Å². The number of carbonyl (C=O) groups is 1. The van der Waals surface area contributed by atoms with Gasteiger partial charge in [0, 0.05) is 13.5 Å². The van der Waals surface area contributed by atoms with Crippen molar-refractivity contribution in [2.24, 2.45) is 5.92 Å². The van der Waals surface area contributed by atoms with Gasteiger partial charge in [0.25, 0.3) is 0 Å². The van der Waals surface area contributed by atoms with Crippen LogP contribution in [-0.2, 0) is 15.0 Å². The van der Waals surface area contributed by atoms with Crippen molar-refractivity contribution in [3.8, 4) is 0 Å². The Kier molecular flexibility index (Phi) is 4.94. The minimum absolute atomic E-state index is 0.348. The Morgan fingerprint density at radius 3 is 2.31 bits per heavy atom. The van der Waals surface area contributed by atoms with Crippen molar-refractivity contribution < 1.29 is 13.2 Å². The molecule has 1 amide bonds. The SMILES string of the molecule is CC(=O)NS(=O)(=O)NCCC(C)C. The summed E-state index contributed by atoms with van der Waals surface area (Å²) in [6.07, 6.45) is 0.749. The normalized spacial score (nSPS) is 11.7. The molecule has 0 aliphatic rings. The molecular formula is C7H16N2O3S. The van der Waals surface area contributed by atoms with Gasteiger partial charge in [0.05, 0.1) is 0 Å². The third-order valence-corrected chi connectivity index (χ3v) is 2.43. The monoisotopic (exact) mass is 208 g/mol. The van der Waals surface area contributed by atoms with Gasteiger partial charge >= 0.3 is 10.2 Å². The Bertz CT molecular complexity index is 259. The highest BCUT2D eigenvalue weighted by atomic mass is 32.2. The molecule has 0 fully saturated rings. The van der Waals surface area contributed by atoms with Crippen LogP contribution in [0.2, 0.25) is 0 Å². The van der Waals surface area contributed by atoms with Crippen LogP contribution < -0.4 is 9.44 Å². The molecule has 0 saturated carbocycles. The number of nitrogens with one attached hydrogen (secondary N) is 2. The highest BCUT2D eigenvalue weighted by molar-refractivity contribution is 7.88. The van der Waals surface area contributed by atoms with Gasteiger partial charge in [-0.25, -0.2) is 4.72 Å². The summed E-state index contributed by atoms with van der Waals surface area (Å²) in [6, 6.07) is 0. The first-order chi connectivity index (χ1) is 5.83. The van der Waals surface area contributed by atoms with Gasteiger partial charge in [0.2, 0.25) is 5.91 Å². The molecule has 0 aliphatic heterocycles. The molecule has 0 aromatic carbocycles. The van der Waals surface area contributed by atoms with E-state index in [2.05, 4.69) is 4.72 Å². The molecule has 0 saturated heterocycles. The molecule has 2 N–H and O–H groups in total. The first-order valence-corrected chi connectivity index (χ1v) is 5.60. The highest BCUT2D eigenvalue weighted by Crippen LogP contribution is 1.96. The van der Waals surface area contributed by atoms with Crippen molar-refractivity contribution in [2.75, 3.05) is 6.54 Å². The Labute approximate surface area is 79.1 Å². The topological polar surface area (TPSA) is 75.3 Å². The standard InChI is InChI=1S/C7H16N2O3S/c1-6(2)4-5-8-13(11,12)9-7(3)10/h6,8H,4-5H2,1-3H3,(H,9,10). The van der Waals surface area contributed by atoms with Crippen molar-refractivity contribution in [2.45, 2.75) is 27.2 Å². The van der Waals surface area contributed by atoms with Crippen LogP contribution in [0.15, 0.2) is 0 Å². The molecule has 6 heteroatoms. The summed E-state index contributed by atoms with van der Waals surface area (Å²) in [5, 5.41) is 0. The Balaban J connectivity index is 3.84. The predicted octanol–water partition coefficient (Wildman–Crippen LogP) is 0.00300. The summed E-state index contributed by atoms with van der Waals surface area (Å²) in [7, 11) is -3.63. The first kappa shape index (κ1) is 12.4. The minimum Gasteiger partial charge on any atom is -0.274 e. The molecule has 0 heterocycles. The summed E-state index contributed by atoms with van der Waals surface area (Å²) < 4.78 is 26.0. The van der Waals surface area contributed by atoms with Gasteiger partial charge in [-0.05, 0) is 12.3 Å². The van der Waals surface area contributed by atoms with Gasteiger partial charge < -0.3 is 0 Å². The van der Waals surface area contributed by atoms with E-state index >= 15 is 0 Å². The average Bonchev–Trinajstić information content (AvgIpc) is 1.81. The van der Waals surface area contributed by atoms with Gasteiger partial charge in [-0.2, -0.15) is 13.1 Å². The smallest absolute Gasteiger partial charge is 0.274 e. The number of hydrogen-bond acceptors (Lipinski definition) is 3. The second-order valence-corrected chi connectivity index (χ2v) is 4.74. The summed E-state index contributed by atoms with van der Waals surface area (Å²) in [5.74, 6) is -0.155. The Hall–Kier alpha value is -0.620. The van der Waals surface area contributed by atoms with Crippen LogP contribution in [0.1, 0.15) is 27.2 Å². The quantitative estimate of drug-likeness (QED) is 0.668. The van der Waals surface area contributed by atoms with E-state index in [0.717, 1.165) is 13.3 Å². The van der Waals surface area contributed by atoms with Gasteiger partial charge in [0.15, 0.2) is 0 Å². The minimum atomic E-state index is -3.63. The summed E-state index contributed by atoms with van der Waals surface area (Å²) >= 11 is 0. The van der Waals surface area contributed by atoms with Gasteiger partial charge in [0.1, 0.15) is 0 Å². The molecule has 0 spiro atoms. The van der Waals surface area contributed by atoms with Gasteiger partial charge in [-0.1, -0.05) is 13.8 Å². The average molecular weight is 208 g/mol. The molecule has 0 radical (unpaired) electrons. The largest absolute Gasteiger partial charge is 0.301 e. The van der Waals surface area contributed by atoms with E-state index < -0.39 is 16.1 Å². The summed E-state index contributed by atoms with van der Waals surface area (Å²) in [4.78, 5) is 10.4. The van der Waals surface area contributed by atoms with Crippen molar-refractivity contribution in [1.82, 2.24) is 9.44 Å². The first-order valence-electron chi connectivity index (χ1n) is 4.11. The maximum Gasteiger partial charge on any atom is 0.301 e. The summed E-state index contributed by atoms with van der Waals surface area (Å²) in [5.41, 5.74) is 0. The molecule has 13 heavy (non-hydrogen) atoms. The van der Waals surface area contributed by atoms with Crippen LogP contribution in [0.5, 0.6) is 0 Å². The Morgan fingerprint density at radius 1 is 1.38 bits per heavy atom. The molecule has 78 valence electrons. The molecule has 0 aliphatic carbocycles. The molecule has 0 rings (SSSR count). The molecule has 0 atom stereocenters. The van der Waals surface area contributed by atoms with Crippen LogP contribution in [0.3, 0.4) is 0 Å². The lowest BCUT2D eigenvalue weighted by atomic mass is 10.1. The lowest BCUT2D eigenvalue weighted by Gasteiger charge is -2.07. The number of hydrogen-bond donors (Lipinski definition) is 2. The molecule has 5 nitrogen and oxygen atoms in total. The highest BCUT2D eigenvalue weighted by Gasteiger charge is 2.09. The van der Waals surface area contributed by atoms with E-state index in [4.69, 9.17) is 0 Å². The number of rotatable bonds is 5. The van der Waals surface area contributed by atoms with Crippen LogP contribution in [0.4, 0.5) is 0 Å². The van der Waals surface area contributed by atoms with Crippen molar-refractivity contribution in [1.29, 1.82) is 0 Å². The van der Waals surface area contributed by atoms with Gasteiger partial charge in [-0.15, -0.1) is 0 Å². The van der Waals surface area contributed by atoms with E-state index in [1.54, 1.807) is 0 Å². The van der Waals surface area contributed by atoms with Gasteiger partial charge in [-0.3, -0.25) is 4.79 Å². The molecule has 0 bridgehead atoms. The number of carbonyl (C=O) groups excluding carboxylic acids is 1. The fourth-order valence-electron chi connectivity index (χ4n) is 0.707. The lowest BCUT2D eigenvalue weighted by Crippen LogP contribution is -2.39. The second-order valence-electron chi connectivity index (χ2n) is 3.24. The van der Waals surface area contributed by atoms with E-state index in [9.17, 15) is 13.2 Å². The van der Waals surface area contributed by atoms with Crippen LogP contribution in [0.25, 0.3) is 0 Å². The van der Waals surface area contributed by atoms with Crippen LogP contribution in [-0.4, -0.2) is 20.9 Å². The van der Waals surface area contributed by atoms with Crippen molar-refractivity contribution >= 4 is 16.1 Å². The third-order valence-electron chi connectivity index (χ3n) is 1.29.